The highest BCUT2D eigenvalue weighted by molar-refractivity contribution is 6.30. The van der Waals surface area contributed by atoms with Gasteiger partial charge in [0, 0.05) is 11.6 Å². The summed E-state index contributed by atoms with van der Waals surface area (Å²) >= 11 is 5.81. The molecule has 3 heteroatoms. The van der Waals surface area contributed by atoms with Crippen LogP contribution in [0.4, 0.5) is 4.39 Å². The molecule has 0 radical (unpaired) electrons. The van der Waals surface area contributed by atoms with Gasteiger partial charge in [0.1, 0.15) is 5.82 Å². The molecule has 0 atom stereocenters. The quantitative estimate of drug-likeness (QED) is 0.846. The number of rotatable bonds is 2. The average Bonchev–Trinajstić information content (AvgIpc) is 2.28. The topological polar surface area (TPSA) is 26.0 Å². The van der Waals surface area contributed by atoms with Crippen LogP contribution in [-0.2, 0) is 6.54 Å². The molecule has 2 aromatic rings. The molecule has 2 rings (SSSR count). The normalized spacial score (nSPS) is 10.4. The van der Waals surface area contributed by atoms with Crippen molar-refractivity contribution in [2.75, 3.05) is 0 Å². The van der Waals surface area contributed by atoms with Crippen LogP contribution in [0, 0.1) is 5.82 Å². The first-order chi connectivity index (χ1) is 7.69. The minimum absolute atomic E-state index is 0.333. The van der Waals surface area contributed by atoms with Gasteiger partial charge in [-0.2, -0.15) is 0 Å². The largest absolute Gasteiger partial charge is 0.326 e. The van der Waals surface area contributed by atoms with Gasteiger partial charge in [0.15, 0.2) is 0 Å². The van der Waals surface area contributed by atoms with Crippen LogP contribution in [0.25, 0.3) is 11.1 Å². The Balaban J connectivity index is 2.49. The van der Waals surface area contributed by atoms with Crippen molar-refractivity contribution in [3.05, 3.63) is 58.9 Å². The maximum atomic E-state index is 13.2. The van der Waals surface area contributed by atoms with Crippen LogP contribution in [0.3, 0.4) is 0 Å². The van der Waals surface area contributed by atoms with Crippen LogP contribution in [0.5, 0.6) is 0 Å². The Morgan fingerprint density at radius 1 is 1.06 bits per heavy atom. The molecule has 0 heterocycles. The Labute approximate surface area is 98.7 Å². The molecule has 0 fully saturated rings. The van der Waals surface area contributed by atoms with E-state index in [1.807, 2.05) is 24.3 Å². The molecular weight excluding hydrogens is 225 g/mol. The second kappa shape index (κ2) is 4.64. The van der Waals surface area contributed by atoms with E-state index in [1.165, 1.54) is 12.1 Å². The minimum Gasteiger partial charge on any atom is -0.326 e. The van der Waals surface area contributed by atoms with E-state index in [1.54, 1.807) is 6.07 Å². The van der Waals surface area contributed by atoms with Crippen LogP contribution >= 0.6 is 11.6 Å². The first kappa shape index (κ1) is 11.1. The third kappa shape index (κ3) is 2.40. The number of benzene rings is 2. The summed E-state index contributed by atoms with van der Waals surface area (Å²) in [6.45, 7) is 0.469. The van der Waals surface area contributed by atoms with Crippen LogP contribution in [0.15, 0.2) is 42.5 Å². The van der Waals surface area contributed by atoms with Gasteiger partial charge in [-0.1, -0.05) is 29.8 Å². The maximum absolute atomic E-state index is 13.2. The Kier molecular flexibility index (Phi) is 3.22. The molecule has 0 saturated carbocycles. The maximum Gasteiger partial charge on any atom is 0.125 e. The monoisotopic (exact) mass is 235 g/mol. The molecule has 0 amide bonds. The van der Waals surface area contributed by atoms with Gasteiger partial charge in [-0.05, 0) is 41.0 Å². The Hall–Kier alpha value is -1.38. The number of halogens is 2. The van der Waals surface area contributed by atoms with Crippen LogP contribution in [0.2, 0.25) is 5.02 Å². The fraction of sp³-hybridized carbons (Fsp3) is 0.0769. The molecular formula is C13H11ClFN. The van der Waals surface area contributed by atoms with E-state index in [0.717, 1.165) is 16.7 Å². The molecule has 16 heavy (non-hydrogen) atoms. The van der Waals surface area contributed by atoms with Gasteiger partial charge in [0.25, 0.3) is 0 Å². The van der Waals surface area contributed by atoms with E-state index in [2.05, 4.69) is 0 Å². The molecule has 0 saturated heterocycles. The van der Waals surface area contributed by atoms with Gasteiger partial charge in [0.05, 0.1) is 0 Å². The lowest BCUT2D eigenvalue weighted by Crippen LogP contribution is -1.95. The highest BCUT2D eigenvalue weighted by atomic mass is 35.5. The fourth-order valence-electron chi connectivity index (χ4n) is 1.60. The van der Waals surface area contributed by atoms with Crippen LogP contribution < -0.4 is 5.73 Å². The SMILES string of the molecule is NCc1cccc(-c2cc(F)cc(Cl)c2)c1. The van der Waals surface area contributed by atoms with E-state index in [9.17, 15) is 4.39 Å². The van der Waals surface area contributed by atoms with Crippen molar-refractivity contribution in [2.45, 2.75) is 6.54 Å². The molecule has 0 unspecified atom stereocenters. The summed E-state index contributed by atoms with van der Waals surface area (Å²) in [5.74, 6) is -0.333. The molecule has 0 aromatic heterocycles. The van der Waals surface area contributed by atoms with Gasteiger partial charge in [0.2, 0.25) is 0 Å². The lowest BCUT2D eigenvalue weighted by atomic mass is 10.0. The summed E-state index contributed by atoms with van der Waals surface area (Å²) in [7, 11) is 0. The zero-order chi connectivity index (χ0) is 11.5. The number of hydrogen-bond acceptors (Lipinski definition) is 1. The third-order valence-corrected chi connectivity index (χ3v) is 2.58. The molecule has 0 bridgehead atoms. The summed E-state index contributed by atoms with van der Waals surface area (Å²) in [5, 5.41) is 0.396. The van der Waals surface area contributed by atoms with Gasteiger partial charge >= 0.3 is 0 Å². The molecule has 0 spiro atoms. The molecule has 1 nitrogen and oxygen atoms in total. The van der Waals surface area contributed by atoms with Gasteiger partial charge < -0.3 is 5.73 Å². The summed E-state index contributed by atoms with van der Waals surface area (Å²) in [6.07, 6.45) is 0. The molecule has 2 aromatic carbocycles. The highest BCUT2D eigenvalue weighted by Gasteiger charge is 2.02. The van der Waals surface area contributed by atoms with Gasteiger partial charge in [-0.25, -0.2) is 4.39 Å². The minimum atomic E-state index is -0.333. The second-order valence-corrected chi connectivity index (χ2v) is 4.00. The van der Waals surface area contributed by atoms with E-state index in [0.29, 0.717) is 11.6 Å². The molecule has 82 valence electrons. The Bertz CT molecular complexity index is 491. The van der Waals surface area contributed by atoms with Gasteiger partial charge in [-0.3, -0.25) is 0 Å². The number of nitrogens with two attached hydrogens (primary N) is 1. The van der Waals surface area contributed by atoms with Crippen molar-refractivity contribution in [3.63, 3.8) is 0 Å². The lowest BCUT2D eigenvalue weighted by Gasteiger charge is -2.05. The Morgan fingerprint density at radius 3 is 2.56 bits per heavy atom. The summed E-state index contributed by atoms with van der Waals surface area (Å²) < 4.78 is 13.2. The second-order valence-electron chi connectivity index (χ2n) is 3.56. The summed E-state index contributed by atoms with van der Waals surface area (Å²) in [5.41, 5.74) is 8.25. The van der Waals surface area contributed by atoms with Crippen molar-refractivity contribution in [1.82, 2.24) is 0 Å². The van der Waals surface area contributed by atoms with E-state index in [4.69, 9.17) is 17.3 Å². The first-order valence-corrected chi connectivity index (χ1v) is 5.32. The number of hydrogen-bond donors (Lipinski definition) is 1. The standard InChI is InChI=1S/C13H11ClFN/c14-12-5-11(6-13(15)7-12)10-3-1-2-9(4-10)8-16/h1-7H,8,16H2. The molecule has 2 N–H and O–H groups in total. The predicted octanol–water partition coefficient (Wildman–Crippen LogP) is 3.60. The fourth-order valence-corrected chi connectivity index (χ4v) is 1.82. The van der Waals surface area contributed by atoms with Crippen molar-refractivity contribution in [3.8, 4) is 11.1 Å². The van der Waals surface area contributed by atoms with Crippen molar-refractivity contribution < 1.29 is 4.39 Å². The zero-order valence-corrected chi connectivity index (χ0v) is 9.34. The lowest BCUT2D eigenvalue weighted by molar-refractivity contribution is 0.628. The van der Waals surface area contributed by atoms with Crippen molar-refractivity contribution in [2.24, 2.45) is 5.73 Å². The molecule has 0 aliphatic rings. The van der Waals surface area contributed by atoms with Crippen molar-refractivity contribution >= 4 is 11.6 Å². The van der Waals surface area contributed by atoms with E-state index in [-0.39, 0.29) is 5.82 Å². The highest BCUT2D eigenvalue weighted by Crippen LogP contribution is 2.24. The van der Waals surface area contributed by atoms with Gasteiger partial charge in [-0.15, -0.1) is 0 Å². The Morgan fingerprint density at radius 2 is 1.88 bits per heavy atom. The van der Waals surface area contributed by atoms with E-state index >= 15 is 0 Å². The third-order valence-electron chi connectivity index (χ3n) is 2.36. The smallest absolute Gasteiger partial charge is 0.125 e. The average molecular weight is 236 g/mol. The summed E-state index contributed by atoms with van der Waals surface area (Å²) in [4.78, 5) is 0. The first-order valence-electron chi connectivity index (χ1n) is 4.94. The zero-order valence-electron chi connectivity index (χ0n) is 8.58. The van der Waals surface area contributed by atoms with Crippen LogP contribution in [0.1, 0.15) is 5.56 Å². The summed E-state index contributed by atoms with van der Waals surface area (Å²) in [6, 6.07) is 12.2. The molecule has 0 aliphatic heterocycles. The van der Waals surface area contributed by atoms with Crippen LogP contribution in [-0.4, -0.2) is 0 Å². The van der Waals surface area contributed by atoms with Crippen molar-refractivity contribution in [1.29, 1.82) is 0 Å². The van der Waals surface area contributed by atoms with E-state index < -0.39 is 0 Å². The predicted molar refractivity (Wildman–Crippen MR) is 64.7 cm³/mol. The molecule has 0 aliphatic carbocycles.